The first kappa shape index (κ1) is 20.9. The lowest BCUT2D eigenvalue weighted by atomic mass is 9.96. The van der Waals surface area contributed by atoms with Crippen LogP contribution in [-0.2, 0) is 7.05 Å². The maximum absolute atomic E-state index is 15.4. The van der Waals surface area contributed by atoms with Crippen molar-refractivity contribution in [3.05, 3.63) is 114 Å². The van der Waals surface area contributed by atoms with E-state index in [4.69, 9.17) is 7.16 Å². The van der Waals surface area contributed by atoms with Gasteiger partial charge in [-0.25, -0.2) is 8.96 Å². The van der Waals surface area contributed by atoms with Crippen LogP contribution in [0.5, 0.6) is 0 Å². The van der Waals surface area contributed by atoms with Gasteiger partial charge in [-0.2, -0.15) is 0 Å². The van der Waals surface area contributed by atoms with Crippen LogP contribution in [0.1, 0.15) is 33.6 Å². The lowest BCUT2D eigenvalue weighted by Crippen LogP contribution is -2.30. The summed E-state index contributed by atoms with van der Waals surface area (Å²) >= 11 is 0. The predicted molar refractivity (Wildman–Crippen MR) is 150 cm³/mol. The topological polar surface area (TPSA) is 17.0 Å². The fraction of sp³-hybridized carbons (Fsp3) is 0.147. The molecular formula is C34H29FNO+. The van der Waals surface area contributed by atoms with Crippen LogP contribution >= 0.6 is 0 Å². The van der Waals surface area contributed by atoms with Crippen LogP contribution in [0.4, 0.5) is 4.39 Å². The summed E-state index contributed by atoms with van der Waals surface area (Å²) in [5.74, 6) is -0.987. The normalized spacial score (nSPS) is 12.7. The number of pyridine rings is 1. The molecule has 4 aromatic carbocycles. The van der Waals surface area contributed by atoms with Gasteiger partial charge in [-0.1, -0.05) is 74.5 Å². The highest BCUT2D eigenvalue weighted by Gasteiger charge is 2.23. The monoisotopic (exact) mass is 488 g/mol. The Morgan fingerprint density at radius 3 is 2.03 bits per heavy atom. The van der Waals surface area contributed by atoms with E-state index in [1.165, 1.54) is 6.07 Å². The molecule has 2 nitrogen and oxygen atoms in total. The first-order valence-electron chi connectivity index (χ1n) is 13.4. The van der Waals surface area contributed by atoms with Crippen LogP contribution in [0, 0.1) is 12.7 Å². The van der Waals surface area contributed by atoms with E-state index >= 15 is 4.39 Å². The number of hydrogen-bond donors (Lipinski definition) is 0. The Labute approximate surface area is 219 Å². The van der Waals surface area contributed by atoms with E-state index < -0.39 is 5.89 Å². The molecule has 6 aromatic rings. The Kier molecular flexibility index (Phi) is 5.09. The van der Waals surface area contributed by atoms with Crippen molar-refractivity contribution in [2.24, 2.45) is 7.05 Å². The minimum atomic E-state index is -0.648. The van der Waals surface area contributed by atoms with Gasteiger partial charge >= 0.3 is 0 Å². The fourth-order valence-corrected chi connectivity index (χ4v) is 5.12. The van der Waals surface area contributed by atoms with Crippen LogP contribution in [0.2, 0.25) is 0 Å². The lowest BCUT2D eigenvalue weighted by Gasteiger charge is -2.09. The highest BCUT2D eigenvalue weighted by Crippen LogP contribution is 2.41. The molecule has 6 rings (SSSR count). The van der Waals surface area contributed by atoms with E-state index in [0.717, 1.165) is 49.8 Å². The number of benzene rings is 4. The number of rotatable bonds is 4. The molecule has 0 bridgehead atoms. The fourth-order valence-electron chi connectivity index (χ4n) is 5.12. The molecule has 2 aromatic heterocycles. The van der Waals surface area contributed by atoms with Crippen molar-refractivity contribution >= 4 is 21.9 Å². The number of nitrogens with zero attached hydrogens (tertiary/aromatic N) is 1. The van der Waals surface area contributed by atoms with Gasteiger partial charge in [0.2, 0.25) is 5.69 Å². The van der Waals surface area contributed by atoms with Crippen molar-refractivity contribution in [2.75, 3.05) is 0 Å². The summed E-state index contributed by atoms with van der Waals surface area (Å²) in [6, 6.07) is 28.8. The van der Waals surface area contributed by atoms with Crippen LogP contribution in [-0.4, -0.2) is 0 Å². The van der Waals surface area contributed by atoms with Crippen molar-refractivity contribution in [3.8, 4) is 33.5 Å². The quantitative estimate of drug-likeness (QED) is 0.226. The van der Waals surface area contributed by atoms with Gasteiger partial charge in [-0.3, -0.25) is 0 Å². The summed E-state index contributed by atoms with van der Waals surface area (Å²) in [5, 5.41) is 1.77. The Balaban J connectivity index is 1.49. The molecule has 3 heteroatoms. The standard InChI is InChI=1S/C34H29FNO/c1-21(2)23-9-11-24(12-10-23)25-13-15-26(16-14-25)32-29(35)19-18-28-27-17-8-22(3)31(33(27)37-34(28)32)30-7-5-6-20-36(30)4/h5-21H,1-4H3/q+1/i20D,21D. The predicted octanol–water partition coefficient (Wildman–Crippen LogP) is 8.98. The molecule has 0 amide bonds. The second kappa shape index (κ2) is 9.01. The number of halogens is 1. The summed E-state index contributed by atoms with van der Waals surface area (Å²) < 4.78 is 40.3. The van der Waals surface area contributed by atoms with Gasteiger partial charge in [0.15, 0.2) is 6.17 Å². The second-order valence-electron chi connectivity index (χ2n) is 9.79. The molecule has 0 aliphatic carbocycles. The van der Waals surface area contributed by atoms with Gasteiger partial charge in [0.1, 0.15) is 25.4 Å². The Morgan fingerprint density at radius 2 is 1.35 bits per heavy atom. The van der Waals surface area contributed by atoms with Crippen molar-refractivity contribution in [3.63, 3.8) is 0 Å². The van der Waals surface area contributed by atoms with Gasteiger partial charge in [0.25, 0.3) is 0 Å². The van der Waals surface area contributed by atoms with Crippen molar-refractivity contribution in [2.45, 2.75) is 26.7 Å². The molecule has 0 saturated heterocycles. The zero-order valence-corrected chi connectivity index (χ0v) is 21.4. The summed E-state index contributed by atoms with van der Waals surface area (Å²) in [4.78, 5) is 0. The van der Waals surface area contributed by atoms with E-state index in [9.17, 15) is 0 Å². The average molecular weight is 489 g/mol. The summed E-state index contributed by atoms with van der Waals surface area (Å²) in [6.45, 7) is 5.78. The van der Waals surface area contributed by atoms with Crippen molar-refractivity contribution in [1.82, 2.24) is 0 Å². The Bertz CT molecular complexity index is 1860. The van der Waals surface area contributed by atoms with Gasteiger partial charge in [0.05, 0.1) is 11.1 Å². The molecule has 0 saturated carbocycles. The van der Waals surface area contributed by atoms with E-state index in [-0.39, 0.29) is 5.82 Å². The molecule has 0 atom stereocenters. The van der Waals surface area contributed by atoms with Gasteiger partial charge in [-0.05, 0) is 58.8 Å². The third-order valence-electron chi connectivity index (χ3n) is 7.17. The third-order valence-corrected chi connectivity index (χ3v) is 7.17. The zero-order valence-electron chi connectivity index (χ0n) is 23.4. The number of aryl methyl sites for hydroxylation is 1. The first-order chi connectivity index (χ1) is 18.6. The highest BCUT2D eigenvalue weighted by atomic mass is 19.1. The molecule has 0 radical (unpaired) electrons. The van der Waals surface area contributed by atoms with E-state index in [0.29, 0.717) is 22.9 Å². The largest absolute Gasteiger partial charge is 0.454 e. The SMILES string of the molecule is [2H]c1cccc(-c2c(C)ccc3c2oc2c(-c4ccc(-c5ccc(C([2H])(C)C)cc5)cc4)c(F)ccc23)[n+]1C. The van der Waals surface area contributed by atoms with E-state index in [2.05, 4.69) is 0 Å². The molecule has 2 heterocycles. The summed E-state index contributed by atoms with van der Waals surface area (Å²) in [5.41, 5.74) is 8.19. The molecule has 0 spiro atoms. The maximum atomic E-state index is 15.4. The van der Waals surface area contributed by atoms with Crippen LogP contribution in [0.3, 0.4) is 0 Å². The molecule has 0 unspecified atom stereocenters. The average Bonchev–Trinajstić information content (AvgIpc) is 3.28. The Morgan fingerprint density at radius 1 is 0.757 bits per heavy atom. The van der Waals surface area contributed by atoms with Crippen LogP contribution in [0.15, 0.2) is 102 Å². The first-order valence-corrected chi connectivity index (χ1v) is 12.4. The number of aromatic nitrogens is 1. The van der Waals surface area contributed by atoms with Crippen LogP contribution < -0.4 is 4.57 Å². The van der Waals surface area contributed by atoms with Crippen LogP contribution in [0.25, 0.3) is 55.4 Å². The molecule has 0 aliphatic heterocycles. The molecule has 0 aliphatic rings. The molecule has 182 valence electrons. The van der Waals surface area contributed by atoms with Gasteiger partial charge in [-0.15, -0.1) is 0 Å². The van der Waals surface area contributed by atoms with E-state index in [1.807, 2.05) is 105 Å². The number of hydrogen-bond acceptors (Lipinski definition) is 1. The lowest BCUT2D eigenvalue weighted by molar-refractivity contribution is -0.660. The minimum Gasteiger partial charge on any atom is -0.454 e. The summed E-state index contributed by atoms with van der Waals surface area (Å²) in [7, 11) is 1.87. The summed E-state index contributed by atoms with van der Waals surface area (Å²) in [6.07, 6.45) is 0.393. The van der Waals surface area contributed by atoms with Gasteiger partial charge < -0.3 is 4.42 Å². The van der Waals surface area contributed by atoms with Crippen molar-refractivity contribution in [1.29, 1.82) is 0 Å². The smallest absolute Gasteiger partial charge is 0.216 e. The van der Waals surface area contributed by atoms with Gasteiger partial charge in [0, 0.05) is 24.3 Å². The highest BCUT2D eigenvalue weighted by molar-refractivity contribution is 6.13. The molecule has 37 heavy (non-hydrogen) atoms. The Hall–Kier alpha value is -4.24. The number of fused-ring (bicyclic) bond motifs is 3. The second-order valence-corrected chi connectivity index (χ2v) is 9.79. The maximum Gasteiger partial charge on any atom is 0.216 e. The van der Waals surface area contributed by atoms with Crippen molar-refractivity contribution < 1.29 is 16.1 Å². The minimum absolute atomic E-state index is 0.340. The molecule has 0 N–H and O–H groups in total. The number of furan rings is 1. The molecular weight excluding hydrogens is 457 g/mol. The van der Waals surface area contributed by atoms with E-state index in [1.54, 1.807) is 12.1 Å². The zero-order chi connectivity index (χ0) is 27.5. The third kappa shape index (κ3) is 3.92. The molecule has 0 fully saturated rings.